The summed E-state index contributed by atoms with van der Waals surface area (Å²) in [6.45, 7) is 14.2. The zero-order chi connectivity index (χ0) is 9.61. The minimum absolute atomic E-state index is 0. The Morgan fingerprint density at radius 2 is 1.62 bits per heavy atom. The number of allylic oxidation sites excluding steroid dienone is 1. The van der Waals surface area contributed by atoms with Crippen LogP contribution in [0.4, 0.5) is 0 Å². The van der Waals surface area contributed by atoms with Gasteiger partial charge in [0.05, 0.1) is 0 Å². The Bertz CT molecular complexity index is 137. The van der Waals surface area contributed by atoms with Crippen LogP contribution in [0.2, 0.25) is 0 Å². The zero-order valence-electron chi connectivity index (χ0n) is 9.41. The number of hydrogen-bond donors (Lipinski definition) is 1. The SMILES string of the molecule is [CH-]=C(C)NC(C)(CCC)CCC.[U]. The van der Waals surface area contributed by atoms with Gasteiger partial charge in [-0.15, -0.1) is 0 Å². The number of nitrogens with one attached hydrogen (secondary N) is 1. The van der Waals surface area contributed by atoms with Gasteiger partial charge in [0.1, 0.15) is 0 Å². The number of hydrogen-bond acceptors (Lipinski definition) is 1. The maximum absolute atomic E-state index is 5.64. The van der Waals surface area contributed by atoms with Crippen LogP contribution in [0, 0.1) is 37.7 Å². The molecule has 0 aromatic rings. The smallest absolute Gasteiger partial charge is 0.0312 e. The van der Waals surface area contributed by atoms with Crippen molar-refractivity contribution in [2.45, 2.75) is 58.9 Å². The molecule has 1 N–H and O–H groups in total. The van der Waals surface area contributed by atoms with Crippen LogP contribution in [-0.2, 0) is 0 Å². The molecule has 0 fully saturated rings. The van der Waals surface area contributed by atoms with E-state index in [1.54, 1.807) is 0 Å². The predicted molar refractivity (Wildman–Crippen MR) is 54.8 cm³/mol. The molecule has 0 aromatic carbocycles. The molecule has 0 aliphatic rings. The van der Waals surface area contributed by atoms with Crippen LogP contribution in [0.1, 0.15) is 53.4 Å². The van der Waals surface area contributed by atoms with Gasteiger partial charge in [-0.1, -0.05) is 33.6 Å². The Labute approximate surface area is 107 Å². The standard InChI is InChI=1S/C11H22N.U/c1-6-8-11(5,9-7-2)12-10(3)4;/h3,12H,6-9H2,1-2,4-5H3;/q-1;. The van der Waals surface area contributed by atoms with Gasteiger partial charge in [-0.25, -0.2) is 0 Å². The molecule has 13 heavy (non-hydrogen) atoms. The van der Waals surface area contributed by atoms with Gasteiger partial charge in [0.2, 0.25) is 0 Å². The van der Waals surface area contributed by atoms with Crippen molar-refractivity contribution in [3.05, 3.63) is 12.3 Å². The fourth-order valence-electron chi connectivity index (χ4n) is 1.83. The van der Waals surface area contributed by atoms with E-state index in [0.29, 0.717) is 0 Å². The molecular formula is C11H22NU-. The Hall–Kier alpha value is 0.592. The average Bonchev–Trinajstić information content (AvgIpc) is 1.85. The Morgan fingerprint density at radius 3 is 1.85 bits per heavy atom. The molecule has 0 aromatic heterocycles. The van der Waals surface area contributed by atoms with Gasteiger partial charge in [-0.2, -0.15) is 5.70 Å². The molecular weight excluding hydrogens is 384 g/mol. The molecule has 0 saturated carbocycles. The van der Waals surface area contributed by atoms with Gasteiger partial charge in [-0.3, -0.25) is 0 Å². The maximum atomic E-state index is 5.64. The first-order chi connectivity index (χ1) is 5.54. The third-order valence-electron chi connectivity index (χ3n) is 2.10. The van der Waals surface area contributed by atoms with E-state index in [4.69, 9.17) is 6.58 Å². The van der Waals surface area contributed by atoms with E-state index in [-0.39, 0.29) is 36.7 Å². The molecule has 0 unspecified atom stereocenters. The first-order valence-corrected chi connectivity index (χ1v) is 4.91. The third kappa shape index (κ3) is 7.65. The fraction of sp³-hybridized carbons (Fsp3) is 0.818. The summed E-state index contributed by atoms with van der Waals surface area (Å²) >= 11 is 0. The van der Waals surface area contributed by atoms with Crippen molar-refractivity contribution in [3.8, 4) is 0 Å². The van der Waals surface area contributed by atoms with Gasteiger partial charge in [0.25, 0.3) is 0 Å². The molecule has 76 valence electrons. The van der Waals surface area contributed by atoms with E-state index < -0.39 is 0 Å². The molecule has 0 aliphatic heterocycles. The molecule has 0 atom stereocenters. The van der Waals surface area contributed by atoms with Crippen LogP contribution in [0.15, 0.2) is 5.70 Å². The van der Waals surface area contributed by atoms with Gasteiger partial charge in [-0.05, 0) is 19.8 Å². The quantitative estimate of drug-likeness (QED) is 0.668. The fourth-order valence-corrected chi connectivity index (χ4v) is 1.83. The monoisotopic (exact) mass is 406 g/mol. The second kappa shape index (κ2) is 7.95. The summed E-state index contributed by atoms with van der Waals surface area (Å²) in [7, 11) is 0. The normalized spacial score (nSPS) is 10.5. The largest absolute Gasteiger partial charge is 0.494 e. The Kier molecular flexibility index (Phi) is 9.80. The minimum Gasteiger partial charge on any atom is -0.494 e. The van der Waals surface area contributed by atoms with E-state index in [1.165, 1.54) is 25.7 Å². The molecule has 0 radical (unpaired) electrons. The molecule has 0 heterocycles. The van der Waals surface area contributed by atoms with E-state index in [0.717, 1.165) is 5.70 Å². The van der Waals surface area contributed by atoms with Crippen molar-refractivity contribution in [3.63, 3.8) is 0 Å². The summed E-state index contributed by atoms with van der Waals surface area (Å²) in [6.07, 6.45) is 4.79. The van der Waals surface area contributed by atoms with Gasteiger partial charge < -0.3 is 11.9 Å². The van der Waals surface area contributed by atoms with Crippen molar-refractivity contribution in [1.82, 2.24) is 5.32 Å². The average molecular weight is 406 g/mol. The van der Waals surface area contributed by atoms with Crippen molar-refractivity contribution in [1.29, 1.82) is 0 Å². The molecule has 0 aliphatic carbocycles. The molecule has 2 heteroatoms. The van der Waals surface area contributed by atoms with Crippen LogP contribution >= 0.6 is 0 Å². The second-order valence-corrected chi connectivity index (χ2v) is 3.87. The van der Waals surface area contributed by atoms with Gasteiger partial charge in [0, 0.05) is 36.7 Å². The first-order valence-electron chi connectivity index (χ1n) is 4.91. The molecule has 0 spiro atoms. The Balaban J connectivity index is 0. The van der Waals surface area contributed by atoms with E-state index in [2.05, 4.69) is 26.1 Å². The van der Waals surface area contributed by atoms with Crippen molar-refractivity contribution in [2.75, 3.05) is 0 Å². The van der Waals surface area contributed by atoms with E-state index in [9.17, 15) is 0 Å². The molecule has 0 bridgehead atoms. The van der Waals surface area contributed by atoms with Crippen molar-refractivity contribution in [2.24, 2.45) is 0 Å². The number of rotatable bonds is 6. The maximum Gasteiger partial charge on any atom is 0.0312 e. The summed E-state index contributed by atoms with van der Waals surface area (Å²) in [6, 6.07) is 0. The Morgan fingerprint density at radius 1 is 1.23 bits per heavy atom. The van der Waals surface area contributed by atoms with E-state index >= 15 is 0 Å². The summed E-state index contributed by atoms with van der Waals surface area (Å²) < 4.78 is 0. The van der Waals surface area contributed by atoms with Crippen LogP contribution in [-0.4, -0.2) is 5.54 Å². The van der Waals surface area contributed by atoms with Crippen LogP contribution in [0.25, 0.3) is 0 Å². The summed E-state index contributed by atoms with van der Waals surface area (Å²) in [5, 5.41) is 3.35. The van der Waals surface area contributed by atoms with Crippen LogP contribution in [0.3, 0.4) is 0 Å². The molecule has 1 nitrogen and oxygen atoms in total. The van der Waals surface area contributed by atoms with Crippen LogP contribution < -0.4 is 5.32 Å². The third-order valence-corrected chi connectivity index (χ3v) is 2.10. The minimum atomic E-state index is 0. The molecule has 0 amide bonds. The first kappa shape index (κ1) is 16.0. The summed E-state index contributed by atoms with van der Waals surface area (Å²) in [5.74, 6) is 0. The summed E-state index contributed by atoms with van der Waals surface area (Å²) in [5.41, 5.74) is 1.04. The zero-order valence-corrected chi connectivity index (χ0v) is 13.6. The van der Waals surface area contributed by atoms with Crippen molar-refractivity contribution < 1.29 is 31.1 Å². The second-order valence-electron chi connectivity index (χ2n) is 3.87. The van der Waals surface area contributed by atoms with Gasteiger partial charge in [0.15, 0.2) is 0 Å². The van der Waals surface area contributed by atoms with Crippen molar-refractivity contribution >= 4 is 0 Å². The van der Waals surface area contributed by atoms with Gasteiger partial charge >= 0.3 is 0 Å². The molecule has 0 saturated heterocycles. The molecule has 0 rings (SSSR count). The van der Waals surface area contributed by atoms with Crippen LogP contribution in [0.5, 0.6) is 0 Å². The summed E-state index contributed by atoms with van der Waals surface area (Å²) in [4.78, 5) is 0. The predicted octanol–water partition coefficient (Wildman–Crippen LogP) is 3.27. The topological polar surface area (TPSA) is 12.0 Å². The van der Waals surface area contributed by atoms with E-state index in [1.807, 2.05) is 6.92 Å².